The van der Waals surface area contributed by atoms with Crippen LogP contribution in [-0.4, -0.2) is 37.1 Å². The number of urea groups is 1. The molecule has 0 aromatic heterocycles. The highest BCUT2D eigenvalue weighted by atomic mass is 16.5. The SMILES string of the molecule is COC(=O)c1ccc(C)c(NC(=O)N2CC=C(C)CC2)c1. The minimum atomic E-state index is -0.415. The Bertz CT molecular complexity index is 593. The Labute approximate surface area is 124 Å². The van der Waals surface area contributed by atoms with Gasteiger partial charge in [-0.15, -0.1) is 0 Å². The summed E-state index contributed by atoms with van der Waals surface area (Å²) >= 11 is 0. The van der Waals surface area contributed by atoms with Crippen LogP contribution in [0.15, 0.2) is 29.8 Å². The maximum atomic E-state index is 12.2. The van der Waals surface area contributed by atoms with Crippen LogP contribution in [0.1, 0.15) is 29.3 Å². The Morgan fingerprint density at radius 3 is 2.67 bits per heavy atom. The van der Waals surface area contributed by atoms with E-state index in [1.54, 1.807) is 23.1 Å². The second kappa shape index (κ2) is 6.43. The van der Waals surface area contributed by atoms with Crippen molar-refractivity contribution in [3.63, 3.8) is 0 Å². The first-order chi connectivity index (χ1) is 10.0. The van der Waals surface area contributed by atoms with Crippen molar-refractivity contribution < 1.29 is 14.3 Å². The van der Waals surface area contributed by atoms with Gasteiger partial charge in [-0.2, -0.15) is 0 Å². The summed E-state index contributed by atoms with van der Waals surface area (Å²) in [6.07, 6.45) is 2.95. The number of methoxy groups -OCH3 is 1. The summed E-state index contributed by atoms with van der Waals surface area (Å²) in [6.45, 7) is 5.29. The van der Waals surface area contributed by atoms with E-state index in [2.05, 4.69) is 18.3 Å². The van der Waals surface area contributed by atoms with Gasteiger partial charge >= 0.3 is 12.0 Å². The van der Waals surface area contributed by atoms with Crippen LogP contribution < -0.4 is 5.32 Å². The number of esters is 1. The molecule has 0 fully saturated rings. The Kier molecular flexibility index (Phi) is 4.62. The fraction of sp³-hybridized carbons (Fsp3) is 0.375. The van der Waals surface area contributed by atoms with E-state index in [9.17, 15) is 9.59 Å². The molecule has 5 nitrogen and oxygen atoms in total. The highest BCUT2D eigenvalue weighted by molar-refractivity contribution is 5.94. The van der Waals surface area contributed by atoms with Crippen molar-refractivity contribution in [1.29, 1.82) is 0 Å². The van der Waals surface area contributed by atoms with Gasteiger partial charge in [0, 0.05) is 18.8 Å². The second-order valence-electron chi connectivity index (χ2n) is 5.20. The first-order valence-electron chi connectivity index (χ1n) is 6.92. The summed E-state index contributed by atoms with van der Waals surface area (Å²) in [7, 11) is 1.34. The second-order valence-corrected chi connectivity index (χ2v) is 5.20. The largest absolute Gasteiger partial charge is 0.465 e. The molecule has 2 rings (SSSR count). The summed E-state index contributed by atoms with van der Waals surface area (Å²) < 4.78 is 4.69. The lowest BCUT2D eigenvalue weighted by Crippen LogP contribution is -2.38. The van der Waals surface area contributed by atoms with E-state index in [1.165, 1.54) is 12.7 Å². The molecule has 0 radical (unpaired) electrons. The van der Waals surface area contributed by atoms with Gasteiger partial charge < -0.3 is 15.0 Å². The van der Waals surface area contributed by atoms with E-state index < -0.39 is 5.97 Å². The minimum Gasteiger partial charge on any atom is -0.465 e. The molecule has 0 bridgehead atoms. The highest BCUT2D eigenvalue weighted by Gasteiger charge is 2.17. The molecule has 1 aliphatic rings. The van der Waals surface area contributed by atoms with Gasteiger partial charge in [-0.3, -0.25) is 0 Å². The molecule has 1 aliphatic heterocycles. The van der Waals surface area contributed by atoms with Crippen LogP contribution in [0.3, 0.4) is 0 Å². The van der Waals surface area contributed by atoms with Crippen molar-refractivity contribution in [3.05, 3.63) is 41.0 Å². The third-order valence-electron chi connectivity index (χ3n) is 3.62. The van der Waals surface area contributed by atoms with Crippen molar-refractivity contribution in [1.82, 2.24) is 4.90 Å². The van der Waals surface area contributed by atoms with Crippen molar-refractivity contribution in [2.75, 3.05) is 25.5 Å². The van der Waals surface area contributed by atoms with Crippen LogP contribution >= 0.6 is 0 Å². The quantitative estimate of drug-likeness (QED) is 0.672. The van der Waals surface area contributed by atoms with E-state index in [-0.39, 0.29) is 6.03 Å². The number of aryl methyl sites for hydroxylation is 1. The third kappa shape index (κ3) is 3.62. The van der Waals surface area contributed by atoms with Crippen LogP contribution in [0.2, 0.25) is 0 Å². The number of carbonyl (C=O) groups excluding carboxylic acids is 2. The number of nitrogens with zero attached hydrogens (tertiary/aromatic N) is 1. The average molecular weight is 288 g/mol. The summed E-state index contributed by atoms with van der Waals surface area (Å²) in [6, 6.07) is 4.97. The molecular weight excluding hydrogens is 268 g/mol. The standard InChI is InChI=1S/C16H20N2O3/c1-11-6-8-18(9-7-11)16(20)17-14-10-13(15(19)21-3)5-4-12(14)2/h4-6,10H,7-9H2,1-3H3,(H,17,20). The number of ether oxygens (including phenoxy) is 1. The Hall–Kier alpha value is -2.30. The summed E-state index contributed by atoms with van der Waals surface area (Å²) in [5.74, 6) is -0.415. The fourth-order valence-corrected chi connectivity index (χ4v) is 2.15. The molecule has 0 atom stereocenters. The maximum absolute atomic E-state index is 12.2. The van der Waals surface area contributed by atoms with Gasteiger partial charge in [-0.05, 0) is 38.0 Å². The lowest BCUT2D eigenvalue weighted by molar-refractivity contribution is 0.0600. The lowest BCUT2D eigenvalue weighted by atomic mass is 10.1. The normalized spacial score (nSPS) is 14.4. The number of amides is 2. The summed E-state index contributed by atoms with van der Waals surface area (Å²) in [5.41, 5.74) is 3.27. The van der Waals surface area contributed by atoms with Gasteiger partial charge in [0.2, 0.25) is 0 Å². The molecule has 0 spiro atoms. The monoisotopic (exact) mass is 288 g/mol. The van der Waals surface area contributed by atoms with Crippen LogP contribution in [0.4, 0.5) is 10.5 Å². The van der Waals surface area contributed by atoms with Gasteiger partial charge in [0.05, 0.1) is 12.7 Å². The molecule has 0 aliphatic carbocycles. The van der Waals surface area contributed by atoms with Gasteiger partial charge in [0.1, 0.15) is 0 Å². The predicted molar refractivity (Wildman–Crippen MR) is 81.5 cm³/mol. The number of benzene rings is 1. The molecule has 1 aromatic carbocycles. The smallest absolute Gasteiger partial charge is 0.337 e. The van der Waals surface area contributed by atoms with Gasteiger partial charge in [-0.25, -0.2) is 9.59 Å². The average Bonchev–Trinajstić information content (AvgIpc) is 2.49. The number of rotatable bonds is 2. The number of hydrogen-bond donors (Lipinski definition) is 1. The fourth-order valence-electron chi connectivity index (χ4n) is 2.15. The number of carbonyl (C=O) groups is 2. The van der Waals surface area contributed by atoms with Gasteiger partial charge in [-0.1, -0.05) is 17.7 Å². The molecular formula is C16H20N2O3. The topological polar surface area (TPSA) is 58.6 Å². The molecule has 5 heteroatoms. The molecule has 0 saturated heterocycles. The Morgan fingerprint density at radius 2 is 2.05 bits per heavy atom. The zero-order valence-corrected chi connectivity index (χ0v) is 12.6. The minimum absolute atomic E-state index is 0.149. The Balaban J connectivity index is 2.11. The van der Waals surface area contributed by atoms with E-state index in [4.69, 9.17) is 4.74 Å². The number of anilines is 1. The van der Waals surface area contributed by atoms with Crippen molar-refractivity contribution in [3.8, 4) is 0 Å². The first kappa shape index (κ1) is 15.1. The van der Waals surface area contributed by atoms with E-state index in [0.717, 1.165) is 12.0 Å². The number of hydrogen-bond acceptors (Lipinski definition) is 3. The molecule has 2 amide bonds. The molecule has 1 N–H and O–H groups in total. The first-order valence-corrected chi connectivity index (χ1v) is 6.92. The zero-order chi connectivity index (χ0) is 15.4. The van der Waals surface area contributed by atoms with E-state index in [0.29, 0.717) is 24.3 Å². The van der Waals surface area contributed by atoms with Gasteiger partial charge in [0.25, 0.3) is 0 Å². The summed E-state index contributed by atoms with van der Waals surface area (Å²) in [5, 5.41) is 2.86. The number of nitrogens with one attached hydrogen (secondary N) is 1. The van der Waals surface area contributed by atoms with Crippen LogP contribution in [0.25, 0.3) is 0 Å². The lowest BCUT2D eigenvalue weighted by Gasteiger charge is -2.26. The van der Waals surface area contributed by atoms with Crippen molar-refractivity contribution >= 4 is 17.7 Å². The summed E-state index contributed by atoms with van der Waals surface area (Å²) in [4.78, 5) is 25.5. The molecule has 1 aromatic rings. The zero-order valence-electron chi connectivity index (χ0n) is 12.6. The molecule has 21 heavy (non-hydrogen) atoms. The predicted octanol–water partition coefficient (Wildman–Crippen LogP) is 2.97. The molecule has 112 valence electrons. The van der Waals surface area contributed by atoms with E-state index >= 15 is 0 Å². The van der Waals surface area contributed by atoms with Crippen LogP contribution in [0, 0.1) is 6.92 Å². The molecule has 1 heterocycles. The van der Waals surface area contributed by atoms with E-state index in [1.807, 2.05) is 6.92 Å². The van der Waals surface area contributed by atoms with Gasteiger partial charge in [0.15, 0.2) is 0 Å². The van der Waals surface area contributed by atoms with Crippen molar-refractivity contribution in [2.45, 2.75) is 20.3 Å². The Morgan fingerprint density at radius 1 is 1.29 bits per heavy atom. The highest BCUT2D eigenvalue weighted by Crippen LogP contribution is 2.19. The third-order valence-corrected chi connectivity index (χ3v) is 3.62. The molecule has 0 unspecified atom stereocenters. The maximum Gasteiger partial charge on any atom is 0.337 e. The van der Waals surface area contributed by atoms with Crippen molar-refractivity contribution in [2.24, 2.45) is 0 Å². The van der Waals surface area contributed by atoms with Crippen LogP contribution in [0.5, 0.6) is 0 Å². The molecule has 0 saturated carbocycles. The van der Waals surface area contributed by atoms with Crippen LogP contribution in [-0.2, 0) is 4.74 Å².